The Bertz CT molecular complexity index is 253. The van der Waals surface area contributed by atoms with Crippen LogP contribution in [-0.2, 0) is 59.4 Å². The zero-order chi connectivity index (χ0) is 13.4. The first-order valence-electron chi connectivity index (χ1n) is 6.53. The molecule has 0 radical (unpaired) electrons. The number of hydrogen-bond donors (Lipinski definition) is 0. The molecular weight excluding hydrogens is 428 g/mol. The Morgan fingerprint density at radius 1 is 0.600 bits per heavy atom. The zero-order valence-electron chi connectivity index (χ0n) is 11.2. The molecule has 0 aliphatic carbocycles. The molecule has 0 bridgehead atoms. The van der Waals surface area contributed by atoms with Gasteiger partial charge in [0.25, 0.3) is 0 Å². The van der Waals surface area contributed by atoms with Crippen LogP contribution in [0.5, 0.6) is 0 Å². The van der Waals surface area contributed by atoms with Gasteiger partial charge in [-0.1, -0.05) is 8.64 Å². The normalized spacial score (nSPS) is 17.8. The minimum atomic E-state index is 0. The maximum atomic E-state index is 4.86. The molecule has 20 heavy (non-hydrogen) atoms. The summed E-state index contributed by atoms with van der Waals surface area (Å²) in [5.41, 5.74) is 0. The molecule has 0 N–H and O–H groups in total. The van der Waals surface area contributed by atoms with Crippen molar-refractivity contribution >= 4 is 58.3 Å². The fraction of sp³-hybridized carbons (Fsp3) is 0.833. The Morgan fingerprint density at radius 3 is 1.00 bits per heavy atom. The van der Waals surface area contributed by atoms with Gasteiger partial charge in [-0.3, -0.25) is 0 Å². The molecule has 0 atom stereocenters. The molecule has 2 rings (SSSR count). The second-order valence-electron chi connectivity index (χ2n) is 4.63. The fourth-order valence-electron chi connectivity index (χ4n) is 2.15. The summed E-state index contributed by atoms with van der Waals surface area (Å²) in [6, 6.07) is 0. The predicted octanol–water partition coefficient (Wildman–Crippen LogP) is 2.60. The van der Waals surface area contributed by atoms with Crippen molar-refractivity contribution in [1.82, 2.24) is 9.80 Å². The van der Waals surface area contributed by atoms with E-state index in [-0.39, 0.29) is 34.1 Å². The number of nitrogens with zero attached hydrogens (tertiary/aromatic N) is 2. The molecule has 2 nitrogen and oxygen atoms in total. The number of thiocarbonyl (C=S) groups is 2. The van der Waals surface area contributed by atoms with Gasteiger partial charge < -0.3 is 59.5 Å². The van der Waals surface area contributed by atoms with Crippen molar-refractivity contribution in [3.63, 3.8) is 0 Å². The largest absolute Gasteiger partial charge is 1.00 e. The molecule has 0 spiro atoms. The topological polar surface area (TPSA) is 6.48 Å². The minimum absolute atomic E-state index is 0. The maximum Gasteiger partial charge on any atom is 1.00 e. The molecular formula is C12H20Cu2N2S4. The summed E-state index contributed by atoms with van der Waals surface area (Å²) in [7, 11) is 0. The van der Waals surface area contributed by atoms with Crippen LogP contribution >= 0.6 is 24.4 Å². The van der Waals surface area contributed by atoms with Crippen LogP contribution in [0.25, 0.3) is 0 Å². The van der Waals surface area contributed by atoms with Gasteiger partial charge in [-0.05, 0) is 38.5 Å². The molecule has 124 valence electrons. The van der Waals surface area contributed by atoms with Crippen LogP contribution in [0.15, 0.2) is 0 Å². The smallest absolute Gasteiger partial charge is 0.411 e. The quantitative estimate of drug-likeness (QED) is 0.318. The predicted molar refractivity (Wildman–Crippen MR) is 90.8 cm³/mol. The summed E-state index contributed by atoms with van der Waals surface area (Å²) in [6.45, 7) is 4.34. The average molecular weight is 448 g/mol. The van der Waals surface area contributed by atoms with E-state index in [4.69, 9.17) is 49.7 Å². The molecule has 0 aromatic rings. The third-order valence-corrected chi connectivity index (χ3v) is 4.26. The Hall–Kier alpha value is 1.26. The first kappa shape index (κ1) is 23.5. The molecule has 8 heteroatoms. The van der Waals surface area contributed by atoms with Crippen LogP contribution in [0, 0.1) is 0 Å². The van der Waals surface area contributed by atoms with Crippen molar-refractivity contribution in [2.75, 3.05) is 26.2 Å². The van der Waals surface area contributed by atoms with Crippen molar-refractivity contribution in [3.8, 4) is 0 Å². The molecule has 0 saturated carbocycles. The number of piperidine rings is 2. The van der Waals surface area contributed by atoms with Crippen LogP contribution in [0.1, 0.15) is 38.5 Å². The third-order valence-electron chi connectivity index (χ3n) is 3.23. The van der Waals surface area contributed by atoms with Crippen molar-refractivity contribution in [2.45, 2.75) is 38.5 Å². The van der Waals surface area contributed by atoms with Gasteiger partial charge in [-0.25, -0.2) is 0 Å². The molecule has 2 heterocycles. The van der Waals surface area contributed by atoms with Crippen molar-refractivity contribution in [3.05, 3.63) is 0 Å². The van der Waals surface area contributed by atoms with Crippen LogP contribution in [-0.4, -0.2) is 44.6 Å². The van der Waals surface area contributed by atoms with Crippen molar-refractivity contribution in [2.24, 2.45) is 0 Å². The van der Waals surface area contributed by atoms with Crippen LogP contribution < -0.4 is 0 Å². The molecule has 2 aliphatic rings. The number of likely N-dealkylation sites (tertiary alicyclic amines) is 2. The first-order chi connectivity index (χ1) is 8.61. The zero-order valence-corrected chi connectivity index (χ0v) is 16.4. The van der Waals surface area contributed by atoms with E-state index in [0.717, 1.165) is 26.2 Å². The van der Waals surface area contributed by atoms with E-state index in [2.05, 4.69) is 9.80 Å². The first-order valence-corrected chi connectivity index (χ1v) is 8.16. The second-order valence-corrected chi connectivity index (χ2v) is 6.69. The van der Waals surface area contributed by atoms with Crippen LogP contribution in [0.2, 0.25) is 0 Å². The summed E-state index contributed by atoms with van der Waals surface area (Å²) >= 11 is 19.4. The van der Waals surface area contributed by atoms with Gasteiger partial charge in [0.15, 0.2) is 0 Å². The van der Waals surface area contributed by atoms with Gasteiger partial charge in [0, 0.05) is 26.2 Å². The van der Waals surface area contributed by atoms with E-state index in [9.17, 15) is 0 Å². The fourth-order valence-corrected chi connectivity index (χ4v) is 2.88. The summed E-state index contributed by atoms with van der Waals surface area (Å²) in [5.74, 6) is 0. The average Bonchev–Trinajstić information content (AvgIpc) is 2.41. The number of hydrogen-bond acceptors (Lipinski definition) is 4. The Kier molecular flexibility index (Phi) is 16.3. The monoisotopic (exact) mass is 446 g/mol. The molecule has 2 aliphatic heterocycles. The van der Waals surface area contributed by atoms with Gasteiger partial charge in [-0.2, -0.15) is 0 Å². The summed E-state index contributed by atoms with van der Waals surface area (Å²) < 4.78 is 1.30. The van der Waals surface area contributed by atoms with Gasteiger partial charge in [0.2, 0.25) is 0 Å². The molecule has 0 aromatic carbocycles. The minimum Gasteiger partial charge on any atom is -0.411 e. The van der Waals surface area contributed by atoms with Gasteiger partial charge >= 0.3 is 34.1 Å². The second kappa shape index (κ2) is 13.9. The van der Waals surface area contributed by atoms with E-state index >= 15 is 0 Å². The third kappa shape index (κ3) is 10.1. The standard InChI is InChI=1S/2C6H11NS2.2Cu/c2*8-6(9)7-4-2-1-3-5-7;;/h2*1-5H2,(H,8,9);;/q;;2*+1/p-2. The maximum absolute atomic E-state index is 4.86. The molecule has 0 amide bonds. The van der Waals surface area contributed by atoms with Crippen LogP contribution in [0.4, 0.5) is 0 Å². The van der Waals surface area contributed by atoms with Crippen molar-refractivity contribution < 1.29 is 34.1 Å². The van der Waals surface area contributed by atoms with Crippen molar-refractivity contribution in [1.29, 1.82) is 0 Å². The SMILES string of the molecule is S=C([S-])N1CCCCC1.S=C([S-])N1CCCCC1.[Cu+].[Cu+]. The van der Waals surface area contributed by atoms with Gasteiger partial charge in [0.1, 0.15) is 0 Å². The molecule has 0 aromatic heterocycles. The van der Waals surface area contributed by atoms with E-state index in [1.165, 1.54) is 38.5 Å². The molecule has 2 fully saturated rings. The molecule has 2 saturated heterocycles. The number of rotatable bonds is 0. The Balaban J connectivity index is 0. The summed E-state index contributed by atoms with van der Waals surface area (Å²) in [4.78, 5) is 4.21. The van der Waals surface area contributed by atoms with Crippen LogP contribution in [0.3, 0.4) is 0 Å². The summed E-state index contributed by atoms with van der Waals surface area (Å²) in [5, 5.41) is 0. The Labute approximate surface area is 165 Å². The van der Waals surface area contributed by atoms with E-state index in [0.29, 0.717) is 8.64 Å². The summed E-state index contributed by atoms with van der Waals surface area (Å²) in [6.07, 6.45) is 7.73. The van der Waals surface area contributed by atoms with E-state index < -0.39 is 0 Å². The van der Waals surface area contributed by atoms with E-state index in [1.54, 1.807) is 0 Å². The van der Waals surface area contributed by atoms with Gasteiger partial charge in [0.05, 0.1) is 0 Å². The van der Waals surface area contributed by atoms with Gasteiger partial charge in [-0.15, -0.1) is 0 Å². The van der Waals surface area contributed by atoms with E-state index in [1.807, 2.05) is 0 Å². The molecule has 0 unspecified atom stereocenters. The Morgan fingerprint density at radius 2 is 0.850 bits per heavy atom.